The first-order chi connectivity index (χ1) is 12.1. The van der Waals surface area contributed by atoms with Crippen molar-refractivity contribution in [3.8, 4) is 5.75 Å². The van der Waals surface area contributed by atoms with Crippen LogP contribution < -0.4 is 4.74 Å². The summed E-state index contributed by atoms with van der Waals surface area (Å²) in [4.78, 5) is 9.59. The van der Waals surface area contributed by atoms with Crippen LogP contribution in [0.1, 0.15) is 64.7 Å². The van der Waals surface area contributed by atoms with Gasteiger partial charge in [0.1, 0.15) is 12.4 Å². The second kappa shape index (κ2) is 14.3. The topological polar surface area (TPSA) is 65.0 Å². The molecule has 0 aliphatic carbocycles. The molecule has 0 aromatic heterocycles. The summed E-state index contributed by atoms with van der Waals surface area (Å²) in [5, 5.41) is 0. The molecule has 0 saturated carbocycles. The Morgan fingerprint density at radius 3 is 2.00 bits per heavy atom. The lowest BCUT2D eigenvalue weighted by molar-refractivity contribution is 0.127. The SMILES string of the molecule is CCCCCCCCCCCOP(=O)(O)OCCOc1ccccc1. The van der Waals surface area contributed by atoms with Gasteiger partial charge in [0, 0.05) is 0 Å². The minimum absolute atomic E-state index is 0.0143. The molecule has 0 heterocycles. The van der Waals surface area contributed by atoms with Crippen molar-refractivity contribution in [3.05, 3.63) is 30.3 Å². The van der Waals surface area contributed by atoms with Crippen molar-refractivity contribution in [2.24, 2.45) is 0 Å². The Morgan fingerprint density at radius 1 is 0.800 bits per heavy atom. The van der Waals surface area contributed by atoms with E-state index in [0.29, 0.717) is 5.75 Å². The minimum atomic E-state index is -3.97. The molecule has 1 aromatic rings. The summed E-state index contributed by atoms with van der Waals surface area (Å²) in [6.07, 6.45) is 10.7. The van der Waals surface area contributed by atoms with Crippen molar-refractivity contribution in [1.29, 1.82) is 0 Å². The van der Waals surface area contributed by atoms with Crippen molar-refractivity contribution < 1.29 is 23.2 Å². The van der Waals surface area contributed by atoms with E-state index in [1.54, 1.807) is 0 Å². The van der Waals surface area contributed by atoms with Gasteiger partial charge < -0.3 is 9.63 Å². The van der Waals surface area contributed by atoms with Crippen LogP contribution in [-0.2, 0) is 13.6 Å². The highest BCUT2D eigenvalue weighted by molar-refractivity contribution is 7.47. The molecule has 0 aliphatic heterocycles. The summed E-state index contributed by atoms with van der Waals surface area (Å²) < 4.78 is 27.0. The number of hydrogen-bond acceptors (Lipinski definition) is 4. The number of phosphoric acid groups is 1. The predicted molar refractivity (Wildman–Crippen MR) is 101 cm³/mol. The van der Waals surface area contributed by atoms with Gasteiger partial charge in [-0.05, 0) is 18.6 Å². The molecular weight excluding hydrogens is 339 g/mol. The quantitative estimate of drug-likeness (QED) is 0.296. The average molecular weight is 372 g/mol. The zero-order valence-corrected chi connectivity index (χ0v) is 16.3. The molecule has 1 unspecified atom stereocenters. The number of benzene rings is 1. The second-order valence-corrected chi connectivity index (χ2v) is 7.58. The van der Waals surface area contributed by atoms with Crippen LogP contribution in [0.15, 0.2) is 30.3 Å². The highest BCUT2D eigenvalue weighted by Gasteiger charge is 2.20. The van der Waals surface area contributed by atoms with Gasteiger partial charge in [-0.1, -0.05) is 76.5 Å². The van der Waals surface area contributed by atoms with E-state index in [1.165, 1.54) is 38.5 Å². The van der Waals surface area contributed by atoms with E-state index in [1.807, 2.05) is 30.3 Å². The van der Waals surface area contributed by atoms with E-state index < -0.39 is 7.82 Å². The van der Waals surface area contributed by atoms with Gasteiger partial charge in [0.2, 0.25) is 0 Å². The number of hydrogen-bond donors (Lipinski definition) is 1. The van der Waals surface area contributed by atoms with Crippen LogP contribution in [0.2, 0.25) is 0 Å². The zero-order valence-electron chi connectivity index (χ0n) is 15.4. The molecule has 0 saturated heterocycles. The first-order valence-electron chi connectivity index (χ1n) is 9.44. The normalized spacial score (nSPS) is 13.5. The first-order valence-corrected chi connectivity index (χ1v) is 10.9. The lowest BCUT2D eigenvalue weighted by Gasteiger charge is -2.12. The number of rotatable bonds is 16. The third-order valence-corrected chi connectivity index (χ3v) is 4.87. The van der Waals surface area contributed by atoms with E-state index in [4.69, 9.17) is 13.8 Å². The molecule has 25 heavy (non-hydrogen) atoms. The summed E-state index contributed by atoms with van der Waals surface area (Å²) in [5.74, 6) is 0.703. The molecule has 0 spiro atoms. The van der Waals surface area contributed by atoms with Crippen LogP contribution in [0.25, 0.3) is 0 Å². The van der Waals surface area contributed by atoms with Crippen LogP contribution in [0.4, 0.5) is 0 Å². The lowest BCUT2D eigenvalue weighted by Crippen LogP contribution is -2.07. The van der Waals surface area contributed by atoms with Crippen LogP contribution in [0.3, 0.4) is 0 Å². The van der Waals surface area contributed by atoms with Gasteiger partial charge in [0.25, 0.3) is 0 Å². The molecule has 144 valence electrons. The Bertz CT molecular complexity index is 466. The Hall–Kier alpha value is -0.870. The summed E-state index contributed by atoms with van der Waals surface area (Å²) in [6, 6.07) is 9.26. The van der Waals surface area contributed by atoms with Crippen LogP contribution in [0, 0.1) is 0 Å². The van der Waals surface area contributed by atoms with Crippen molar-refractivity contribution in [2.75, 3.05) is 19.8 Å². The molecule has 0 aliphatic rings. The Morgan fingerprint density at radius 2 is 1.36 bits per heavy atom. The first kappa shape index (κ1) is 22.2. The van der Waals surface area contributed by atoms with E-state index in [2.05, 4.69) is 6.92 Å². The molecular formula is C19H33O5P. The largest absolute Gasteiger partial charge is 0.491 e. The Kier molecular flexibility index (Phi) is 12.7. The van der Waals surface area contributed by atoms with Gasteiger partial charge in [-0.15, -0.1) is 0 Å². The fourth-order valence-corrected chi connectivity index (χ4v) is 3.20. The fraction of sp³-hybridized carbons (Fsp3) is 0.684. The molecule has 5 nitrogen and oxygen atoms in total. The van der Waals surface area contributed by atoms with Crippen LogP contribution in [0.5, 0.6) is 5.75 Å². The molecule has 1 atom stereocenters. The average Bonchev–Trinajstić information content (AvgIpc) is 2.61. The monoisotopic (exact) mass is 372 g/mol. The number of phosphoric ester groups is 1. The lowest BCUT2D eigenvalue weighted by atomic mass is 10.1. The molecule has 1 aromatic carbocycles. The molecule has 1 rings (SSSR count). The molecule has 0 fully saturated rings. The maximum atomic E-state index is 11.7. The summed E-state index contributed by atoms with van der Waals surface area (Å²) in [7, 11) is -3.97. The van der Waals surface area contributed by atoms with Crippen molar-refractivity contribution >= 4 is 7.82 Å². The van der Waals surface area contributed by atoms with Crippen molar-refractivity contribution in [3.63, 3.8) is 0 Å². The van der Waals surface area contributed by atoms with Gasteiger partial charge in [0.05, 0.1) is 13.2 Å². The molecule has 0 amide bonds. The van der Waals surface area contributed by atoms with Crippen LogP contribution in [-0.4, -0.2) is 24.7 Å². The van der Waals surface area contributed by atoms with E-state index in [0.717, 1.165) is 19.3 Å². The van der Waals surface area contributed by atoms with Gasteiger partial charge in [-0.3, -0.25) is 9.05 Å². The number of unbranched alkanes of at least 4 members (excludes halogenated alkanes) is 8. The molecule has 6 heteroatoms. The van der Waals surface area contributed by atoms with Crippen molar-refractivity contribution in [1.82, 2.24) is 0 Å². The highest BCUT2D eigenvalue weighted by Crippen LogP contribution is 2.43. The smallest absolute Gasteiger partial charge is 0.472 e. The highest BCUT2D eigenvalue weighted by atomic mass is 31.2. The summed E-state index contributed by atoms with van der Waals surface area (Å²) in [5.41, 5.74) is 0. The van der Waals surface area contributed by atoms with E-state index >= 15 is 0 Å². The minimum Gasteiger partial charge on any atom is -0.491 e. The predicted octanol–water partition coefficient (Wildman–Crippen LogP) is 5.73. The number of ether oxygens (including phenoxy) is 1. The summed E-state index contributed by atoms with van der Waals surface area (Å²) >= 11 is 0. The van der Waals surface area contributed by atoms with Gasteiger partial charge in [-0.25, -0.2) is 4.57 Å². The van der Waals surface area contributed by atoms with Gasteiger partial charge >= 0.3 is 7.82 Å². The fourth-order valence-electron chi connectivity index (χ4n) is 2.46. The Labute approximate surface area is 152 Å². The standard InChI is InChI=1S/C19H33O5P/c1-2-3-4-5-6-7-8-9-13-16-23-25(20,21)24-18-17-22-19-14-11-10-12-15-19/h10-12,14-15H,2-9,13,16-18H2,1H3,(H,20,21). The van der Waals surface area contributed by atoms with E-state index in [-0.39, 0.29) is 19.8 Å². The Balaban J connectivity index is 1.94. The van der Waals surface area contributed by atoms with E-state index in [9.17, 15) is 9.46 Å². The third kappa shape index (κ3) is 13.1. The molecule has 0 bridgehead atoms. The molecule has 0 radical (unpaired) electrons. The van der Waals surface area contributed by atoms with Gasteiger partial charge in [-0.2, -0.15) is 0 Å². The number of para-hydroxylation sites is 1. The zero-order chi connectivity index (χ0) is 18.2. The third-order valence-electron chi connectivity index (χ3n) is 3.85. The summed E-state index contributed by atoms with van der Waals surface area (Å²) in [6.45, 7) is 2.69. The maximum absolute atomic E-state index is 11.7. The second-order valence-electron chi connectivity index (χ2n) is 6.12. The van der Waals surface area contributed by atoms with Gasteiger partial charge in [0.15, 0.2) is 0 Å². The molecule has 1 N–H and O–H groups in total. The van der Waals surface area contributed by atoms with Crippen molar-refractivity contribution in [2.45, 2.75) is 64.7 Å². The maximum Gasteiger partial charge on any atom is 0.472 e. The van der Waals surface area contributed by atoms with Crippen LogP contribution >= 0.6 is 7.82 Å².